The molecule has 1 aromatic rings. The Labute approximate surface area is 119 Å². The van der Waals surface area contributed by atoms with Gasteiger partial charge in [-0.25, -0.2) is 0 Å². The molecule has 1 N–H and O–H groups in total. The summed E-state index contributed by atoms with van der Waals surface area (Å²) in [6.07, 6.45) is 0.958. The minimum atomic E-state index is -0.0937. The Morgan fingerprint density at radius 2 is 2.30 bits per heavy atom. The van der Waals surface area contributed by atoms with Gasteiger partial charge >= 0.3 is 0 Å². The summed E-state index contributed by atoms with van der Waals surface area (Å²) in [7, 11) is 5.54. The number of hydrogen-bond donors (Lipinski definition) is 1. The molecule has 0 radical (unpaired) electrons. The van der Waals surface area contributed by atoms with Crippen LogP contribution >= 0.6 is 0 Å². The van der Waals surface area contributed by atoms with Crippen LogP contribution in [0, 0.1) is 0 Å². The van der Waals surface area contributed by atoms with Gasteiger partial charge in [-0.05, 0) is 31.3 Å². The Hall–Kier alpha value is -1.59. The van der Waals surface area contributed by atoms with Gasteiger partial charge in [0, 0.05) is 20.1 Å². The predicted molar refractivity (Wildman–Crippen MR) is 77.0 cm³/mol. The molecule has 1 atom stereocenters. The van der Waals surface area contributed by atoms with Crippen molar-refractivity contribution < 1.29 is 14.3 Å². The van der Waals surface area contributed by atoms with Crippen molar-refractivity contribution in [2.24, 2.45) is 0 Å². The number of ether oxygens (including phenoxy) is 2. The second kappa shape index (κ2) is 6.72. The third-order valence-electron chi connectivity index (χ3n) is 3.49. The Bertz CT molecular complexity index is 474. The minimum Gasteiger partial charge on any atom is -0.493 e. The zero-order valence-corrected chi connectivity index (χ0v) is 12.3. The largest absolute Gasteiger partial charge is 0.493 e. The normalized spacial score (nSPS) is 14.8. The molecule has 0 saturated heterocycles. The highest BCUT2D eigenvalue weighted by Crippen LogP contribution is 2.29. The van der Waals surface area contributed by atoms with Crippen molar-refractivity contribution >= 4 is 5.91 Å². The molecule has 0 aliphatic carbocycles. The van der Waals surface area contributed by atoms with Crippen LogP contribution in [-0.2, 0) is 16.0 Å². The van der Waals surface area contributed by atoms with E-state index in [9.17, 15) is 4.79 Å². The molecule has 0 aromatic heterocycles. The fourth-order valence-electron chi connectivity index (χ4n) is 2.40. The van der Waals surface area contributed by atoms with Crippen LogP contribution in [0.1, 0.15) is 17.2 Å². The lowest BCUT2D eigenvalue weighted by Gasteiger charge is -2.25. The number of methoxy groups -OCH3 is 1. The summed E-state index contributed by atoms with van der Waals surface area (Å²) in [6.45, 7) is 1.42. The summed E-state index contributed by atoms with van der Waals surface area (Å²) < 4.78 is 10.3. The Morgan fingerprint density at radius 3 is 3.00 bits per heavy atom. The van der Waals surface area contributed by atoms with E-state index in [4.69, 9.17) is 9.47 Å². The predicted octanol–water partition coefficient (Wildman–Crippen LogP) is 0.987. The van der Waals surface area contributed by atoms with Gasteiger partial charge in [0.2, 0.25) is 5.91 Å². The molecule has 1 heterocycles. The average Bonchev–Trinajstić information content (AvgIpc) is 2.86. The second-order valence-corrected chi connectivity index (χ2v) is 5.18. The highest BCUT2D eigenvalue weighted by molar-refractivity contribution is 5.77. The van der Waals surface area contributed by atoms with Gasteiger partial charge < -0.3 is 19.7 Å². The van der Waals surface area contributed by atoms with E-state index in [2.05, 4.69) is 22.3 Å². The zero-order chi connectivity index (χ0) is 14.5. The number of fused-ring (bicyclic) bond motifs is 1. The third kappa shape index (κ3) is 3.49. The maximum atomic E-state index is 11.5. The van der Waals surface area contributed by atoms with Crippen LogP contribution in [-0.4, -0.2) is 51.8 Å². The van der Waals surface area contributed by atoms with Crippen molar-refractivity contribution in [1.82, 2.24) is 10.2 Å². The first-order valence-corrected chi connectivity index (χ1v) is 6.79. The molecule has 0 saturated carbocycles. The summed E-state index contributed by atoms with van der Waals surface area (Å²) in [5.74, 6) is 0.888. The van der Waals surface area contributed by atoms with Crippen LogP contribution in [0.4, 0.5) is 0 Å². The van der Waals surface area contributed by atoms with Crippen molar-refractivity contribution in [3.63, 3.8) is 0 Å². The number of nitrogens with zero attached hydrogens (tertiary/aromatic N) is 1. The lowest BCUT2D eigenvalue weighted by Crippen LogP contribution is -2.36. The van der Waals surface area contributed by atoms with Crippen LogP contribution < -0.4 is 10.1 Å². The quantitative estimate of drug-likeness (QED) is 0.843. The van der Waals surface area contributed by atoms with E-state index in [0.717, 1.165) is 18.8 Å². The summed E-state index contributed by atoms with van der Waals surface area (Å²) in [6, 6.07) is 6.40. The van der Waals surface area contributed by atoms with Gasteiger partial charge in [-0.2, -0.15) is 0 Å². The highest BCUT2D eigenvalue weighted by Gasteiger charge is 2.19. The molecular formula is C15H22N2O3. The van der Waals surface area contributed by atoms with Crippen molar-refractivity contribution in [2.45, 2.75) is 12.5 Å². The molecule has 110 valence electrons. The highest BCUT2D eigenvalue weighted by atomic mass is 16.5. The molecule has 20 heavy (non-hydrogen) atoms. The van der Waals surface area contributed by atoms with Crippen LogP contribution in [0.2, 0.25) is 0 Å². The number of benzene rings is 1. The second-order valence-electron chi connectivity index (χ2n) is 5.18. The number of carbonyl (C=O) groups excluding carboxylic acids is 1. The molecule has 5 heteroatoms. The van der Waals surface area contributed by atoms with Gasteiger partial charge in [0.25, 0.3) is 0 Å². The number of likely N-dealkylation sites (N-methyl/N-ethyl adjacent to an activating group) is 1. The Morgan fingerprint density at radius 1 is 1.50 bits per heavy atom. The van der Waals surface area contributed by atoms with Gasteiger partial charge in [0.05, 0.1) is 12.6 Å². The molecule has 0 spiro atoms. The monoisotopic (exact) mass is 278 g/mol. The van der Waals surface area contributed by atoms with Crippen LogP contribution in [0.5, 0.6) is 5.75 Å². The van der Waals surface area contributed by atoms with E-state index in [-0.39, 0.29) is 18.6 Å². The Kier molecular flexibility index (Phi) is 4.98. The molecule has 1 unspecified atom stereocenters. The average molecular weight is 278 g/mol. The van der Waals surface area contributed by atoms with E-state index in [0.29, 0.717) is 6.54 Å². The summed E-state index contributed by atoms with van der Waals surface area (Å²) >= 11 is 0. The summed E-state index contributed by atoms with van der Waals surface area (Å²) in [5.41, 5.74) is 2.44. The van der Waals surface area contributed by atoms with Crippen molar-refractivity contribution in [1.29, 1.82) is 0 Å². The fourth-order valence-corrected chi connectivity index (χ4v) is 2.40. The smallest absolute Gasteiger partial charge is 0.246 e. The molecule has 1 amide bonds. The lowest BCUT2D eigenvalue weighted by atomic mass is 10.0. The van der Waals surface area contributed by atoms with Gasteiger partial charge in [-0.1, -0.05) is 12.1 Å². The van der Waals surface area contributed by atoms with E-state index in [1.54, 1.807) is 0 Å². The molecule has 5 nitrogen and oxygen atoms in total. The van der Waals surface area contributed by atoms with Crippen molar-refractivity contribution in [3.8, 4) is 5.75 Å². The molecule has 1 aliphatic heterocycles. The number of hydrogen-bond acceptors (Lipinski definition) is 4. The van der Waals surface area contributed by atoms with E-state index < -0.39 is 0 Å². The summed E-state index contributed by atoms with van der Waals surface area (Å²) in [5, 5.41) is 2.89. The molecule has 2 rings (SSSR count). The van der Waals surface area contributed by atoms with E-state index in [1.165, 1.54) is 18.2 Å². The topological polar surface area (TPSA) is 50.8 Å². The molecule has 1 aliphatic rings. The number of carbonyl (C=O) groups is 1. The molecule has 0 fully saturated rings. The van der Waals surface area contributed by atoms with Crippen LogP contribution in [0.3, 0.4) is 0 Å². The minimum absolute atomic E-state index is 0.0937. The van der Waals surface area contributed by atoms with Crippen molar-refractivity contribution in [3.05, 3.63) is 29.3 Å². The summed E-state index contributed by atoms with van der Waals surface area (Å²) in [4.78, 5) is 13.6. The maximum Gasteiger partial charge on any atom is 0.246 e. The first-order chi connectivity index (χ1) is 9.61. The molecular weight excluding hydrogens is 256 g/mol. The lowest BCUT2D eigenvalue weighted by molar-refractivity contribution is -0.124. The number of nitrogens with one attached hydrogen (secondary N) is 1. The number of amides is 1. The molecule has 0 bridgehead atoms. The van der Waals surface area contributed by atoms with E-state index in [1.807, 2.05) is 20.2 Å². The van der Waals surface area contributed by atoms with Crippen molar-refractivity contribution in [2.75, 3.05) is 41.0 Å². The fraction of sp³-hybridized carbons (Fsp3) is 0.533. The van der Waals surface area contributed by atoms with Gasteiger partial charge in [0.15, 0.2) is 0 Å². The van der Waals surface area contributed by atoms with Crippen LogP contribution in [0.15, 0.2) is 18.2 Å². The van der Waals surface area contributed by atoms with Gasteiger partial charge in [-0.3, -0.25) is 4.79 Å². The SMILES string of the molecule is COCC(=O)NCC(c1ccc2c(c1)CCO2)N(C)C. The number of rotatable bonds is 6. The van der Waals surface area contributed by atoms with E-state index >= 15 is 0 Å². The first-order valence-electron chi connectivity index (χ1n) is 6.79. The van der Waals surface area contributed by atoms with Gasteiger partial charge in [0.1, 0.15) is 12.4 Å². The Balaban J connectivity index is 2.06. The third-order valence-corrected chi connectivity index (χ3v) is 3.49. The first kappa shape index (κ1) is 14.8. The standard InChI is InChI=1S/C15H22N2O3/c1-17(2)13(9-16-15(18)10-19-3)11-4-5-14-12(8-11)6-7-20-14/h4-5,8,13H,6-7,9-10H2,1-3H3,(H,16,18). The molecule has 1 aromatic carbocycles. The zero-order valence-electron chi connectivity index (χ0n) is 12.3. The maximum absolute atomic E-state index is 11.5. The van der Waals surface area contributed by atoms with Crippen LogP contribution in [0.25, 0.3) is 0 Å². The van der Waals surface area contributed by atoms with Gasteiger partial charge in [-0.15, -0.1) is 0 Å².